The number of aromatic nitrogens is 1. The Balaban J connectivity index is 1.31. The summed E-state index contributed by atoms with van der Waals surface area (Å²) >= 11 is 0. The molecule has 136 valence electrons. The molecule has 4 rings (SSSR count). The van der Waals surface area contributed by atoms with Gasteiger partial charge in [-0.25, -0.2) is 4.79 Å². The van der Waals surface area contributed by atoms with Gasteiger partial charge in [0.05, 0.1) is 11.4 Å². The molecule has 0 saturated carbocycles. The van der Waals surface area contributed by atoms with E-state index in [1.54, 1.807) is 6.20 Å². The van der Waals surface area contributed by atoms with Crippen LogP contribution in [0.25, 0.3) is 0 Å². The second-order valence-corrected chi connectivity index (χ2v) is 7.13. The maximum absolute atomic E-state index is 13.0. The fraction of sp³-hybridized carbons (Fsp3) is 0.429. The number of likely N-dealkylation sites (tertiary alicyclic amines) is 1. The van der Waals surface area contributed by atoms with E-state index in [0.29, 0.717) is 6.04 Å². The number of benzene rings is 1. The van der Waals surface area contributed by atoms with Gasteiger partial charge >= 0.3 is 6.03 Å². The maximum atomic E-state index is 13.0. The van der Waals surface area contributed by atoms with Crippen molar-refractivity contribution < 1.29 is 4.79 Å². The highest BCUT2D eigenvalue weighted by molar-refractivity contribution is 5.93. The number of fused-ring (bicyclic) bond motifs is 1. The van der Waals surface area contributed by atoms with Gasteiger partial charge in [-0.2, -0.15) is 0 Å². The van der Waals surface area contributed by atoms with Gasteiger partial charge in [0.15, 0.2) is 0 Å². The zero-order valence-electron chi connectivity index (χ0n) is 15.1. The Bertz CT molecular complexity index is 749. The van der Waals surface area contributed by atoms with E-state index in [0.717, 1.165) is 63.2 Å². The van der Waals surface area contributed by atoms with Gasteiger partial charge in [-0.3, -0.25) is 9.88 Å². The first-order chi connectivity index (χ1) is 12.8. The van der Waals surface area contributed by atoms with E-state index in [4.69, 9.17) is 0 Å². The van der Waals surface area contributed by atoms with Crippen LogP contribution in [0.3, 0.4) is 0 Å². The molecule has 0 bridgehead atoms. The number of piperidine rings is 1. The molecule has 1 aromatic carbocycles. The summed E-state index contributed by atoms with van der Waals surface area (Å²) in [5.41, 5.74) is 3.37. The summed E-state index contributed by atoms with van der Waals surface area (Å²) in [5.74, 6) is 0. The molecule has 2 aromatic rings. The van der Waals surface area contributed by atoms with Crippen LogP contribution >= 0.6 is 0 Å². The van der Waals surface area contributed by atoms with E-state index in [2.05, 4.69) is 34.6 Å². The highest BCUT2D eigenvalue weighted by Gasteiger charge is 2.31. The van der Waals surface area contributed by atoms with Crippen molar-refractivity contribution in [3.8, 4) is 0 Å². The molecular weight excluding hydrogens is 324 g/mol. The number of carbonyl (C=O) groups excluding carboxylic acids is 1. The molecule has 2 aliphatic heterocycles. The highest BCUT2D eigenvalue weighted by atomic mass is 16.2. The molecule has 1 N–H and O–H groups in total. The summed E-state index contributed by atoms with van der Waals surface area (Å²) in [7, 11) is 0. The summed E-state index contributed by atoms with van der Waals surface area (Å²) in [5, 5.41) is 3.64. The molecule has 0 radical (unpaired) electrons. The van der Waals surface area contributed by atoms with Crippen molar-refractivity contribution in [1.29, 1.82) is 0 Å². The zero-order valence-corrected chi connectivity index (χ0v) is 15.1. The minimum Gasteiger partial charge on any atom is -0.323 e. The topological polar surface area (TPSA) is 48.5 Å². The van der Waals surface area contributed by atoms with Crippen LogP contribution in [0.1, 0.15) is 24.1 Å². The normalized spacial score (nSPS) is 19.5. The molecule has 1 unspecified atom stereocenters. The molecule has 26 heavy (non-hydrogen) atoms. The van der Waals surface area contributed by atoms with E-state index in [9.17, 15) is 4.79 Å². The average Bonchev–Trinajstić information content (AvgIpc) is 3.13. The Morgan fingerprint density at radius 3 is 2.92 bits per heavy atom. The van der Waals surface area contributed by atoms with Crippen molar-refractivity contribution in [1.82, 2.24) is 15.2 Å². The average molecular weight is 350 g/mol. The van der Waals surface area contributed by atoms with E-state index < -0.39 is 0 Å². The Labute approximate surface area is 155 Å². The fourth-order valence-electron chi connectivity index (χ4n) is 3.96. The molecule has 1 atom stereocenters. The van der Waals surface area contributed by atoms with Gasteiger partial charge in [-0.05, 0) is 43.5 Å². The molecule has 1 fully saturated rings. The number of anilines is 1. The lowest BCUT2D eigenvalue weighted by Gasteiger charge is -2.35. The van der Waals surface area contributed by atoms with E-state index >= 15 is 0 Å². The molecular formula is C21H26N4O. The number of rotatable bonds is 4. The van der Waals surface area contributed by atoms with Crippen LogP contribution in [0.4, 0.5) is 10.5 Å². The first-order valence-corrected chi connectivity index (χ1v) is 9.59. The Morgan fingerprint density at radius 2 is 2.04 bits per heavy atom. The lowest BCUT2D eigenvalue weighted by atomic mass is 10.1. The molecule has 1 aromatic heterocycles. The number of pyridine rings is 1. The van der Waals surface area contributed by atoms with Crippen LogP contribution in [0, 0.1) is 0 Å². The minimum absolute atomic E-state index is 0.131. The summed E-state index contributed by atoms with van der Waals surface area (Å²) in [6.07, 6.45) is 5.88. The number of hydrogen-bond donors (Lipinski definition) is 1. The molecule has 2 amide bonds. The predicted octanol–water partition coefficient (Wildman–Crippen LogP) is 2.86. The number of amides is 2. The second kappa shape index (κ2) is 7.87. The Morgan fingerprint density at radius 1 is 1.15 bits per heavy atom. The van der Waals surface area contributed by atoms with Crippen LogP contribution in [-0.2, 0) is 12.8 Å². The quantitative estimate of drug-likeness (QED) is 0.922. The second-order valence-electron chi connectivity index (χ2n) is 7.13. The molecule has 0 aliphatic carbocycles. The minimum atomic E-state index is 0.131. The number of nitrogens with zero attached hydrogens (tertiary/aromatic N) is 3. The third-order valence-corrected chi connectivity index (χ3v) is 5.34. The molecule has 1 saturated heterocycles. The Hall–Kier alpha value is -2.40. The first kappa shape index (κ1) is 17.0. The van der Waals surface area contributed by atoms with Crippen molar-refractivity contribution >= 4 is 11.7 Å². The van der Waals surface area contributed by atoms with Gasteiger partial charge in [0.1, 0.15) is 0 Å². The molecule has 5 nitrogen and oxygen atoms in total. The van der Waals surface area contributed by atoms with Crippen molar-refractivity contribution in [2.24, 2.45) is 0 Å². The monoisotopic (exact) mass is 350 g/mol. The largest absolute Gasteiger partial charge is 0.324 e. The molecule has 3 heterocycles. The third-order valence-electron chi connectivity index (χ3n) is 5.34. The number of nitrogens with one attached hydrogen (secondary N) is 1. The van der Waals surface area contributed by atoms with Crippen molar-refractivity contribution in [2.45, 2.75) is 31.7 Å². The fourth-order valence-corrected chi connectivity index (χ4v) is 3.96. The van der Waals surface area contributed by atoms with Gasteiger partial charge in [-0.1, -0.05) is 30.3 Å². The van der Waals surface area contributed by atoms with Gasteiger partial charge in [0.2, 0.25) is 0 Å². The standard InChI is InChI=1S/C21H26N4O/c26-21(25-15-11-19-20(25)9-4-12-23-19)24-14-5-8-18(16-24)22-13-10-17-6-2-1-3-7-17/h1-4,6-7,9,12,18,22H,5,8,10-11,13-16H2. The van der Waals surface area contributed by atoms with E-state index in [-0.39, 0.29) is 6.03 Å². The lowest BCUT2D eigenvalue weighted by Crippen LogP contribution is -2.52. The molecule has 0 spiro atoms. The van der Waals surface area contributed by atoms with Crippen LogP contribution in [0.2, 0.25) is 0 Å². The van der Waals surface area contributed by atoms with Crippen LogP contribution in [0.15, 0.2) is 48.7 Å². The molecule has 2 aliphatic rings. The van der Waals surface area contributed by atoms with Crippen molar-refractivity contribution in [2.75, 3.05) is 31.1 Å². The summed E-state index contributed by atoms with van der Waals surface area (Å²) in [4.78, 5) is 21.3. The zero-order chi connectivity index (χ0) is 17.8. The van der Waals surface area contributed by atoms with Crippen LogP contribution in [0.5, 0.6) is 0 Å². The summed E-state index contributed by atoms with van der Waals surface area (Å²) < 4.78 is 0. The summed E-state index contributed by atoms with van der Waals surface area (Å²) in [6, 6.07) is 15.0. The SMILES string of the molecule is O=C(N1CCCC(NCCc2ccccc2)C1)N1CCc2ncccc21. The summed E-state index contributed by atoms with van der Waals surface area (Å²) in [6.45, 7) is 3.34. The maximum Gasteiger partial charge on any atom is 0.324 e. The third kappa shape index (κ3) is 3.73. The van der Waals surface area contributed by atoms with Gasteiger partial charge in [0, 0.05) is 38.3 Å². The van der Waals surface area contributed by atoms with E-state index in [1.165, 1.54) is 5.56 Å². The number of carbonyl (C=O) groups is 1. The lowest BCUT2D eigenvalue weighted by molar-refractivity contribution is 0.180. The number of hydrogen-bond acceptors (Lipinski definition) is 3. The van der Waals surface area contributed by atoms with Crippen LogP contribution < -0.4 is 10.2 Å². The predicted molar refractivity (Wildman–Crippen MR) is 103 cm³/mol. The van der Waals surface area contributed by atoms with Gasteiger partial charge < -0.3 is 10.2 Å². The van der Waals surface area contributed by atoms with Crippen LogP contribution in [-0.4, -0.2) is 48.1 Å². The van der Waals surface area contributed by atoms with Gasteiger partial charge in [0.25, 0.3) is 0 Å². The highest BCUT2D eigenvalue weighted by Crippen LogP contribution is 2.27. The molecule has 5 heteroatoms. The van der Waals surface area contributed by atoms with Crippen molar-refractivity contribution in [3.05, 3.63) is 59.9 Å². The van der Waals surface area contributed by atoms with E-state index in [1.807, 2.05) is 28.0 Å². The van der Waals surface area contributed by atoms with Gasteiger partial charge in [-0.15, -0.1) is 0 Å². The Kier molecular flexibility index (Phi) is 5.16. The number of urea groups is 1. The smallest absolute Gasteiger partial charge is 0.323 e. The van der Waals surface area contributed by atoms with Crippen molar-refractivity contribution in [3.63, 3.8) is 0 Å². The first-order valence-electron chi connectivity index (χ1n) is 9.59.